The Morgan fingerprint density at radius 1 is 1.09 bits per heavy atom. The molecule has 122 valence electrons. The number of halogens is 2. The summed E-state index contributed by atoms with van der Waals surface area (Å²) in [5, 5.41) is 1.56. The summed E-state index contributed by atoms with van der Waals surface area (Å²) in [5.74, 6) is 1.43. The lowest BCUT2D eigenvalue weighted by molar-refractivity contribution is 0.0324. The minimum Gasteiger partial charge on any atom is -0.300 e. The second-order valence-corrected chi connectivity index (χ2v) is 9.02. The van der Waals surface area contributed by atoms with Gasteiger partial charge in [-0.3, -0.25) is 4.90 Å². The molecule has 2 saturated heterocycles. The average molecular weight is 340 g/mol. The van der Waals surface area contributed by atoms with Gasteiger partial charge in [0.25, 0.3) is 0 Å². The molecule has 1 nitrogen and oxygen atoms in total. The molecule has 1 aromatic rings. The van der Waals surface area contributed by atoms with Crippen LogP contribution in [0.4, 0.5) is 0 Å². The highest BCUT2D eigenvalue weighted by molar-refractivity contribution is 6.35. The summed E-state index contributed by atoms with van der Waals surface area (Å²) in [4.78, 5) is 2.71. The molecule has 0 aromatic heterocycles. The summed E-state index contributed by atoms with van der Waals surface area (Å²) < 4.78 is 0. The molecule has 0 unspecified atom stereocenters. The van der Waals surface area contributed by atoms with Crippen LogP contribution in [0.3, 0.4) is 0 Å². The SMILES string of the molecule is CC(C)(C)[C@H]1CCN2C[C@@H](c3ccc(Cl)cc3Cl)CC[C@@H]2C1. The Hall–Kier alpha value is -0.240. The van der Waals surface area contributed by atoms with Crippen LogP contribution in [0.2, 0.25) is 10.0 Å². The Kier molecular flexibility index (Phi) is 4.79. The summed E-state index contributed by atoms with van der Waals surface area (Å²) in [6.07, 6.45) is 5.25. The van der Waals surface area contributed by atoms with E-state index in [1.165, 1.54) is 37.8 Å². The van der Waals surface area contributed by atoms with E-state index in [4.69, 9.17) is 23.2 Å². The van der Waals surface area contributed by atoms with Gasteiger partial charge in [-0.25, -0.2) is 0 Å². The van der Waals surface area contributed by atoms with Gasteiger partial charge in [0.15, 0.2) is 0 Å². The van der Waals surface area contributed by atoms with Gasteiger partial charge in [-0.1, -0.05) is 50.0 Å². The third-order valence-electron chi connectivity index (χ3n) is 5.77. The van der Waals surface area contributed by atoms with Crippen molar-refractivity contribution in [1.82, 2.24) is 4.90 Å². The topological polar surface area (TPSA) is 3.24 Å². The smallest absolute Gasteiger partial charge is 0.0456 e. The fourth-order valence-corrected chi connectivity index (χ4v) is 4.84. The predicted molar refractivity (Wildman–Crippen MR) is 96.0 cm³/mol. The maximum Gasteiger partial charge on any atom is 0.0456 e. The monoisotopic (exact) mass is 339 g/mol. The molecule has 2 fully saturated rings. The Morgan fingerprint density at radius 2 is 1.86 bits per heavy atom. The van der Waals surface area contributed by atoms with Crippen LogP contribution in [0.25, 0.3) is 0 Å². The van der Waals surface area contributed by atoms with E-state index < -0.39 is 0 Å². The van der Waals surface area contributed by atoms with Crippen molar-refractivity contribution in [3.05, 3.63) is 33.8 Å². The zero-order chi connectivity index (χ0) is 15.9. The predicted octanol–water partition coefficient (Wildman–Crippen LogP) is 6.00. The molecular formula is C19H27Cl2N. The first kappa shape index (κ1) is 16.6. The molecule has 3 atom stereocenters. The zero-order valence-corrected chi connectivity index (χ0v) is 15.4. The van der Waals surface area contributed by atoms with Crippen molar-refractivity contribution < 1.29 is 0 Å². The molecule has 22 heavy (non-hydrogen) atoms. The maximum atomic E-state index is 6.42. The highest BCUT2D eigenvalue weighted by Gasteiger charge is 2.38. The molecule has 2 heterocycles. The Labute approximate surface area is 145 Å². The van der Waals surface area contributed by atoms with E-state index in [2.05, 4.69) is 31.7 Å². The molecule has 0 radical (unpaired) electrons. The molecule has 1 aromatic carbocycles. The number of benzene rings is 1. The number of nitrogens with zero attached hydrogens (tertiary/aromatic N) is 1. The molecule has 3 rings (SSSR count). The van der Waals surface area contributed by atoms with Crippen molar-refractivity contribution in [2.75, 3.05) is 13.1 Å². The van der Waals surface area contributed by atoms with Crippen molar-refractivity contribution >= 4 is 23.2 Å². The van der Waals surface area contributed by atoms with E-state index in [0.29, 0.717) is 11.3 Å². The number of piperidine rings is 2. The number of fused-ring (bicyclic) bond motifs is 1. The standard InChI is InChI=1S/C19H27Cl2N/c1-19(2,3)14-8-9-22-12-13(4-6-16(22)10-14)17-7-5-15(20)11-18(17)21/h5,7,11,13-14,16H,4,6,8-10,12H2,1-3H3/t13-,14-,16+/m0/s1. The van der Waals surface area contributed by atoms with E-state index >= 15 is 0 Å². The normalized spacial score (nSPS) is 30.1. The molecule has 0 aliphatic carbocycles. The van der Waals surface area contributed by atoms with Gasteiger partial charge in [0.05, 0.1) is 0 Å². The lowest BCUT2D eigenvalue weighted by Crippen LogP contribution is -2.49. The van der Waals surface area contributed by atoms with Crippen LogP contribution >= 0.6 is 23.2 Å². The largest absolute Gasteiger partial charge is 0.300 e. The second-order valence-electron chi connectivity index (χ2n) is 8.18. The Balaban J connectivity index is 1.68. The first-order valence-corrected chi connectivity index (χ1v) is 9.29. The van der Waals surface area contributed by atoms with Crippen LogP contribution in [-0.2, 0) is 0 Å². The summed E-state index contributed by atoms with van der Waals surface area (Å²) in [7, 11) is 0. The molecule has 0 bridgehead atoms. The van der Waals surface area contributed by atoms with Crippen LogP contribution in [0.5, 0.6) is 0 Å². The summed E-state index contributed by atoms with van der Waals surface area (Å²) in [5.41, 5.74) is 1.73. The van der Waals surface area contributed by atoms with Crippen LogP contribution in [0, 0.1) is 11.3 Å². The summed E-state index contributed by atoms with van der Waals surface area (Å²) in [6, 6.07) is 6.76. The lowest BCUT2D eigenvalue weighted by atomic mass is 9.71. The van der Waals surface area contributed by atoms with Gasteiger partial charge in [-0.2, -0.15) is 0 Å². The quantitative estimate of drug-likeness (QED) is 0.606. The van der Waals surface area contributed by atoms with Gasteiger partial charge in [0.2, 0.25) is 0 Å². The molecule has 0 saturated carbocycles. The maximum absolute atomic E-state index is 6.42. The molecular weight excluding hydrogens is 313 g/mol. The third-order valence-corrected chi connectivity index (χ3v) is 6.33. The van der Waals surface area contributed by atoms with Crippen LogP contribution in [0.1, 0.15) is 57.9 Å². The number of rotatable bonds is 1. The van der Waals surface area contributed by atoms with E-state index in [0.717, 1.165) is 28.5 Å². The van der Waals surface area contributed by atoms with Gasteiger partial charge >= 0.3 is 0 Å². The number of hydrogen-bond donors (Lipinski definition) is 0. The minimum atomic E-state index is 0.447. The van der Waals surface area contributed by atoms with Crippen molar-refractivity contribution in [2.24, 2.45) is 11.3 Å². The van der Waals surface area contributed by atoms with Crippen molar-refractivity contribution in [3.8, 4) is 0 Å². The van der Waals surface area contributed by atoms with E-state index in [1.807, 2.05) is 12.1 Å². The fourth-order valence-electron chi connectivity index (χ4n) is 4.28. The van der Waals surface area contributed by atoms with Crippen LogP contribution < -0.4 is 0 Å². The third kappa shape index (κ3) is 3.47. The fraction of sp³-hybridized carbons (Fsp3) is 0.684. The molecule has 2 aliphatic heterocycles. The van der Waals surface area contributed by atoms with Gasteiger partial charge in [0.1, 0.15) is 0 Å². The lowest BCUT2D eigenvalue weighted by Gasteiger charge is -2.48. The highest BCUT2D eigenvalue weighted by atomic mass is 35.5. The Morgan fingerprint density at radius 3 is 2.55 bits per heavy atom. The van der Waals surface area contributed by atoms with Crippen LogP contribution in [0.15, 0.2) is 18.2 Å². The van der Waals surface area contributed by atoms with Gasteiger partial charge in [0, 0.05) is 22.6 Å². The summed E-state index contributed by atoms with van der Waals surface area (Å²) in [6.45, 7) is 9.59. The highest BCUT2D eigenvalue weighted by Crippen LogP contribution is 2.42. The minimum absolute atomic E-state index is 0.447. The average Bonchev–Trinajstić information content (AvgIpc) is 2.45. The van der Waals surface area contributed by atoms with E-state index in [9.17, 15) is 0 Å². The van der Waals surface area contributed by atoms with Gasteiger partial charge in [-0.15, -0.1) is 0 Å². The second kappa shape index (κ2) is 6.34. The van der Waals surface area contributed by atoms with Gasteiger partial charge < -0.3 is 0 Å². The Bertz CT molecular complexity index is 535. The zero-order valence-electron chi connectivity index (χ0n) is 13.9. The van der Waals surface area contributed by atoms with Gasteiger partial charge in [-0.05, 0) is 67.2 Å². The molecule has 2 aliphatic rings. The van der Waals surface area contributed by atoms with Crippen molar-refractivity contribution in [1.29, 1.82) is 0 Å². The van der Waals surface area contributed by atoms with Crippen LogP contribution in [-0.4, -0.2) is 24.0 Å². The molecule has 0 spiro atoms. The first-order valence-electron chi connectivity index (χ1n) is 8.53. The first-order chi connectivity index (χ1) is 10.3. The molecule has 0 N–H and O–H groups in total. The van der Waals surface area contributed by atoms with E-state index in [-0.39, 0.29) is 0 Å². The number of hydrogen-bond acceptors (Lipinski definition) is 1. The van der Waals surface area contributed by atoms with Crippen molar-refractivity contribution in [3.63, 3.8) is 0 Å². The van der Waals surface area contributed by atoms with E-state index in [1.54, 1.807) is 0 Å². The molecule has 3 heteroatoms. The summed E-state index contributed by atoms with van der Waals surface area (Å²) >= 11 is 12.4. The van der Waals surface area contributed by atoms with Crippen molar-refractivity contribution in [2.45, 2.75) is 58.4 Å². The molecule has 0 amide bonds.